The lowest BCUT2D eigenvalue weighted by Gasteiger charge is -2.13. The molecule has 16 heavy (non-hydrogen) atoms. The van der Waals surface area contributed by atoms with Crippen LogP contribution in [0.1, 0.15) is 18.1 Å². The zero-order valence-corrected chi connectivity index (χ0v) is 10.2. The summed E-state index contributed by atoms with van der Waals surface area (Å²) >= 11 is 0. The standard InChI is InChI=1S/C14H20N2/c1-4-10-16(3)12-14-8-6-13(7-9-14)11-15-5-2/h1,6-9,15H,5,10-12H2,2-3H3. The van der Waals surface area contributed by atoms with E-state index in [9.17, 15) is 0 Å². The molecule has 0 aliphatic rings. The van der Waals surface area contributed by atoms with Gasteiger partial charge in [0.2, 0.25) is 0 Å². The third-order valence-corrected chi connectivity index (χ3v) is 2.42. The average molecular weight is 216 g/mol. The van der Waals surface area contributed by atoms with Crippen molar-refractivity contribution < 1.29 is 0 Å². The number of hydrogen-bond donors (Lipinski definition) is 1. The SMILES string of the molecule is C#CCN(C)Cc1ccc(CNCC)cc1. The fourth-order valence-corrected chi connectivity index (χ4v) is 1.56. The molecule has 1 aromatic rings. The Bertz CT molecular complexity index is 335. The maximum atomic E-state index is 5.26. The molecule has 2 heteroatoms. The zero-order chi connectivity index (χ0) is 11.8. The van der Waals surface area contributed by atoms with Crippen LogP contribution in [-0.4, -0.2) is 25.0 Å². The molecule has 0 heterocycles. The van der Waals surface area contributed by atoms with Crippen LogP contribution in [0.3, 0.4) is 0 Å². The maximum absolute atomic E-state index is 5.26. The number of nitrogens with one attached hydrogen (secondary N) is 1. The highest BCUT2D eigenvalue weighted by Crippen LogP contribution is 2.06. The Balaban J connectivity index is 2.48. The smallest absolute Gasteiger partial charge is 0.0599 e. The van der Waals surface area contributed by atoms with Crippen LogP contribution >= 0.6 is 0 Å². The van der Waals surface area contributed by atoms with Gasteiger partial charge in [-0.25, -0.2) is 0 Å². The zero-order valence-electron chi connectivity index (χ0n) is 10.2. The first kappa shape index (κ1) is 12.8. The predicted molar refractivity (Wildman–Crippen MR) is 69.0 cm³/mol. The minimum absolute atomic E-state index is 0.694. The maximum Gasteiger partial charge on any atom is 0.0599 e. The van der Waals surface area contributed by atoms with Crippen molar-refractivity contribution in [2.45, 2.75) is 20.0 Å². The van der Waals surface area contributed by atoms with E-state index in [-0.39, 0.29) is 0 Å². The van der Waals surface area contributed by atoms with Crippen LogP contribution in [0.25, 0.3) is 0 Å². The summed E-state index contributed by atoms with van der Waals surface area (Å²) in [5, 5.41) is 3.31. The Kier molecular flexibility index (Phi) is 5.63. The lowest BCUT2D eigenvalue weighted by Crippen LogP contribution is -2.17. The number of nitrogens with zero attached hydrogens (tertiary/aromatic N) is 1. The molecule has 0 spiro atoms. The van der Waals surface area contributed by atoms with E-state index in [0.29, 0.717) is 6.54 Å². The van der Waals surface area contributed by atoms with Gasteiger partial charge in [0.15, 0.2) is 0 Å². The summed E-state index contributed by atoms with van der Waals surface area (Å²) in [6, 6.07) is 8.67. The Morgan fingerprint density at radius 1 is 1.25 bits per heavy atom. The van der Waals surface area contributed by atoms with E-state index in [0.717, 1.165) is 19.6 Å². The van der Waals surface area contributed by atoms with Crippen molar-refractivity contribution in [2.75, 3.05) is 20.1 Å². The molecule has 0 saturated heterocycles. The van der Waals surface area contributed by atoms with Gasteiger partial charge in [-0.1, -0.05) is 37.1 Å². The van der Waals surface area contributed by atoms with Gasteiger partial charge in [-0.05, 0) is 24.7 Å². The van der Waals surface area contributed by atoms with E-state index < -0.39 is 0 Å². The molecule has 0 radical (unpaired) electrons. The molecule has 0 fully saturated rings. The van der Waals surface area contributed by atoms with Gasteiger partial charge in [-0.3, -0.25) is 4.90 Å². The molecule has 86 valence electrons. The third-order valence-electron chi connectivity index (χ3n) is 2.42. The van der Waals surface area contributed by atoms with E-state index in [1.54, 1.807) is 0 Å². The van der Waals surface area contributed by atoms with Gasteiger partial charge in [-0.2, -0.15) is 0 Å². The van der Waals surface area contributed by atoms with E-state index in [4.69, 9.17) is 6.42 Å². The largest absolute Gasteiger partial charge is 0.313 e. The topological polar surface area (TPSA) is 15.3 Å². The summed E-state index contributed by atoms with van der Waals surface area (Å²) in [6.45, 7) is 5.66. The van der Waals surface area contributed by atoms with Gasteiger partial charge in [0.1, 0.15) is 0 Å². The van der Waals surface area contributed by atoms with Crippen LogP contribution < -0.4 is 5.32 Å². The second-order valence-corrected chi connectivity index (χ2v) is 3.97. The molecule has 0 aliphatic heterocycles. The monoisotopic (exact) mass is 216 g/mol. The number of rotatable bonds is 6. The van der Waals surface area contributed by atoms with Crippen molar-refractivity contribution in [2.24, 2.45) is 0 Å². The summed E-state index contributed by atoms with van der Waals surface area (Å²) in [5.74, 6) is 2.64. The first-order valence-electron chi connectivity index (χ1n) is 5.66. The molecule has 1 rings (SSSR count). The molecule has 0 aromatic heterocycles. The quantitative estimate of drug-likeness (QED) is 0.730. The molecule has 1 N–H and O–H groups in total. The second kappa shape index (κ2) is 7.05. The third kappa shape index (κ3) is 4.48. The summed E-state index contributed by atoms with van der Waals surface area (Å²) < 4.78 is 0. The molecular weight excluding hydrogens is 196 g/mol. The van der Waals surface area contributed by atoms with E-state index >= 15 is 0 Å². The van der Waals surface area contributed by atoms with Crippen LogP contribution in [0, 0.1) is 12.3 Å². The number of hydrogen-bond acceptors (Lipinski definition) is 2. The lowest BCUT2D eigenvalue weighted by atomic mass is 10.1. The molecule has 0 atom stereocenters. The fraction of sp³-hybridized carbons (Fsp3) is 0.429. The van der Waals surface area contributed by atoms with Crippen molar-refractivity contribution in [1.29, 1.82) is 0 Å². The number of benzene rings is 1. The Hall–Kier alpha value is -1.30. The van der Waals surface area contributed by atoms with Gasteiger partial charge in [0.05, 0.1) is 6.54 Å². The highest BCUT2D eigenvalue weighted by atomic mass is 15.1. The Labute approximate surface area is 98.7 Å². The summed E-state index contributed by atoms with van der Waals surface area (Å²) in [6.07, 6.45) is 5.26. The molecule has 0 unspecified atom stereocenters. The fourth-order valence-electron chi connectivity index (χ4n) is 1.56. The van der Waals surface area contributed by atoms with Crippen molar-refractivity contribution in [1.82, 2.24) is 10.2 Å². The van der Waals surface area contributed by atoms with Crippen molar-refractivity contribution in [3.05, 3.63) is 35.4 Å². The second-order valence-electron chi connectivity index (χ2n) is 3.97. The van der Waals surface area contributed by atoms with E-state index in [1.807, 2.05) is 7.05 Å². The van der Waals surface area contributed by atoms with Crippen molar-refractivity contribution >= 4 is 0 Å². The van der Waals surface area contributed by atoms with Crippen LogP contribution in [0.15, 0.2) is 24.3 Å². The van der Waals surface area contributed by atoms with E-state index in [1.165, 1.54) is 11.1 Å². The van der Waals surface area contributed by atoms with Crippen molar-refractivity contribution in [3.63, 3.8) is 0 Å². The first-order chi connectivity index (χ1) is 7.76. The Morgan fingerprint density at radius 3 is 2.44 bits per heavy atom. The minimum atomic E-state index is 0.694. The molecule has 2 nitrogen and oxygen atoms in total. The molecular formula is C14H20N2. The molecule has 0 amide bonds. The average Bonchev–Trinajstić information content (AvgIpc) is 2.28. The predicted octanol–water partition coefficient (Wildman–Crippen LogP) is 1.86. The highest BCUT2D eigenvalue weighted by Gasteiger charge is 1.98. The van der Waals surface area contributed by atoms with Crippen LogP contribution in [0.2, 0.25) is 0 Å². The van der Waals surface area contributed by atoms with Gasteiger partial charge in [0, 0.05) is 13.1 Å². The van der Waals surface area contributed by atoms with Crippen molar-refractivity contribution in [3.8, 4) is 12.3 Å². The lowest BCUT2D eigenvalue weighted by molar-refractivity contribution is 0.369. The first-order valence-corrected chi connectivity index (χ1v) is 5.66. The van der Waals surface area contributed by atoms with Crippen LogP contribution in [0.5, 0.6) is 0 Å². The van der Waals surface area contributed by atoms with E-state index in [2.05, 4.69) is 47.3 Å². The van der Waals surface area contributed by atoms with Gasteiger partial charge in [-0.15, -0.1) is 6.42 Å². The van der Waals surface area contributed by atoms with Crippen LogP contribution in [0.4, 0.5) is 0 Å². The van der Waals surface area contributed by atoms with Gasteiger partial charge in [0.25, 0.3) is 0 Å². The summed E-state index contributed by atoms with van der Waals surface area (Å²) in [7, 11) is 2.03. The van der Waals surface area contributed by atoms with Crippen LogP contribution in [-0.2, 0) is 13.1 Å². The molecule has 0 bridgehead atoms. The molecule has 0 saturated carbocycles. The molecule has 0 aliphatic carbocycles. The summed E-state index contributed by atoms with van der Waals surface area (Å²) in [4.78, 5) is 2.12. The van der Waals surface area contributed by atoms with Gasteiger partial charge >= 0.3 is 0 Å². The summed E-state index contributed by atoms with van der Waals surface area (Å²) in [5.41, 5.74) is 2.63. The highest BCUT2D eigenvalue weighted by molar-refractivity contribution is 5.22. The van der Waals surface area contributed by atoms with Gasteiger partial charge < -0.3 is 5.32 Å². The Morgan fingerprint density at radius 2 is 1.88 bits per heavy atom. The minimum Gasteiger partial charge on any atom is -0.313 e. The number of terminal acetylenes is 1. The molecule has 1 aromatic carbocycles. The normalized spacial score (nSPS) is 10.4.